The van der Waals surface area contributed by atoms with Crippen LogP contribution < -0.4 is 0 Å². The van der Waals surface area contributed by atoms with Gasteiger partial charge in [0.2, 0.25) is 0 Å². The first-order valence-electron chi connectivity index (χ1n) is 4.05. The van der Waals surface area contributed by atoms with Crippen molar-refractivity contribution in [1.82, 2.24) is 4.98 Å². The van der Waals surface area contributed by atoms with Gasteiger partial charge in [0.1, 0.15) is 0 Å². The van der Waals surface area contributed by atoms with Crippen LogP contribution >= 0.6 is 0 Å². The van der Waals surface area contributed by atoms with Crippen LogP contribution in [0, 0.1) is 0 Å². The largest absolute Gasteiger partial charge is 0.365 e. The molecule has 0 aliphatic heterocycles. The molecule has 0 fully saturated rings. The van der Waals surface area contributed by atoms with E-state index in [1.807, 2.05) is 6.20 Å². The van der Waals surface area contributed by atoms with E-state index in [2.05, 4.69) is 24.0 Å². The lowest BCUT2D eigenvalue weighted by atomic mass is 10.2. The van der Waals surface area contributed by atoms with Crippen molar-refractivity contribution in [2.24, 2.45) is 0 Å². The second-order valence-corrected chi connectivity index (χ2v) is 2.65. The van der Waals surface area contributed by atoms with E-state index >= 15 is 0 Å². The van der Waals surface area contributed by atoms with Gasteiger partial charge in [0.05, 0.1) is 0 Å². The van der Waals surface area contributed by atoms with Crippen LogP contribution in [0.25, 0.3) is 0 Å². The molecule has 0 aliphatic rings. The van der Waals surface area contributed by atoms with E-state index in [1.165, 1.54) is 31.4 Å². The second-order valence-electron chi connectivity index (χ2n) is 2.65. The van der Waals surface area contributed by atoms with Gasteiger partial charge in [-0.15, -0.1) is 0 Å². The standard InChI is InChI=1S/C9H15N/c1-2-3-4-6-9-7-5-8-10-9/h5,7-8,10H,2-4,6H2,1H3. The molecule has 0 bridgehead atoms. The maximum atomic E-state index is 3.20. The van der Waals surface area contributed by atoms with Gasteiger partial charge in [-0.1, -0.05) is 19.8 Å². The van der Waals surface area contributed by atoms with E-state index in [9.17, 15) is 0 Å². The zero-order valence-electron chi connectivity index (χ0n) is 6.56. The van der Waals surface area contributed by atoms with Crippen molar-refractivity contribution in [3.05, 3.63) is 24.0 Å². The number of rotatable bonds is 4. The summed E-state index contributed by atoms with van der Waals surface area (Å²) in [5, 5.41) is 0. The maximum absolute atomic E-state index is 3.20. The summed E-state index contributed by atoms with van der Waals surface area (Å²) in [5.74, 6) is 0. The first-order chi connectivity index (χ1) is 4.93. The molecule has 0 amide bonds. The number of H-pyrrole nitrogens is 1. The molecule has 1 nitrogen and oxygen atoms in total. The summed E-state index contributed by atoms with van der Waals surface area (Å²) in [6.07, 6.45) is 7.17. The van der Waals surface area contributed by atoms with Crippen LogP contribution in [0.3, 0.4) is 0 Å². The fraction of sp³-hybridized carbons (Fsp3) is 0.556. The Bertz CT molecular complexity index is 153. The molecular weight excluding hydrogens is 122 g/mol. The van der Waals surface area contributed by atoms with Crippen molar-refractivity contribution < 1.29 is 0 Å². The van der Waals surface area contributed by atoms with Crippen molar-refractivity contribution >= 4 is 0 Å². The van der Waals surface area contributed by atoms with Crippen molar-refractivity contribution in [3.8, 4) is 0 Å². The number of unbranched alkanes of at least 4 members (excludes halogenated alkanes) is 2. The summed E-state index contributed by atoms with van der Waals surface area (Å²) in [6, 6.07) is 4.21. The second kappa shape index (κ2) is 4.15. The molecule has 1 heteroatoms. The summed E-state index contributed by atoms with van der Waals surface area (Å²) in [5.41, 5.74) is 1.37. The fourth-order valence-electron chi connectivity index (χ4n) is 1.09. The van der Waals surface area contributed by atoms with Crippen molar-refractivity contribution in [1.29, 1.82) is 0 Å². The van der Waals surface area contributed by atoms with Gasteiger partial charge in [-0.05, 0) is 25.0 Å². The molecule has 0 spiro atoms. The van der Waals surface area contributed by atoms with Gasteiger partial charge >= 0.3 is 0 Å². The predicted molar refractivity (Wildman–Crippen MR) is 44.0 cm³/mol. The minimum Gasteiger partial charge on any atom is -0.365 e. The molecule has 1 aromatic rings. The third-order valence-electron chi connectivity index (χ3n) is 1.71. The van der Waals surface area contributed by atoms with Crippen LogP contribution in [0.15, 0.2) is 18.3 Å². The van der Waals surface area contributed by atoms with Crippen LogP contribution in [0.2, 0.25) is 0 Å². The zero-order chi connectivity index (χ0) is 7.23. The summed E-state index contributed by atoms with van der Waals surface area (Å²) < 4.78 is 0. The Morgan fingerprint density at radius 1 is 1.40 bits per heavy atom. The minimum absolute atomic E-state index is 1.21. The Morgan fingerprint density at radius 3 is 2.90 bits per heavy atom. The van der Waals surface area contributed by atoms with Gasteiger partial charge in [0.15, 0.2) is 0 Å². The highest BCUT2D eigenvalue weighted by Gasteiger charge is 1.90. The Kier molecular flexibility index (Phi) is 3.07. The molecule has 1 N–H and O–H groups in total. The first-order valence-corrected chi connectivity index (χ1v) is 4.05. The van der Waals surface area contributed by atoms with E-state index in [1.54, 1.807) is 0 Å². The molecule has 1 aromatic heterocycles. The molecule has 0 aromatic carbocycles. The van der Waals surface area contributed by atoms with Crippen LogP contribution in [-0.4, -0.2) is 4.98 Å². The van der Waals surface area contributed by atoms with Crippen LogP contribution in [0.1, 0.15) is 31.9 Å². The minimum atomic E-state index is 1.21. The van der Waals surface area contributed by atoms with Gasteiger partial charge in [-0.2, -0.15) is 0 Å². The Balaban J connectivity index is 2.15. The van der Waals surface area contributed by atoms with Crippen molar-refractivity contribution in [2.45, 2.75) is 32.6 Å². The van der Waals surface area contributed by atoms with Gasteiger partial charge in [0.25, 0.3) is 0 Å². The normalized spacial score (nSPS) is 10.1. The van der Waals surface area contributed by atoms with Crippen molar-refractivity contribution in [3.63, 3.8) is 0 Å². The highest BCUT2D eigenvalue weighted by molar-refractivity contribution is 5.03. The summed E-state index contributed by atoms with van der Waals surface area (Å²) >= 11 is 0. The molecule has 1 heterocycles. The lowest BCUT2D eigenvalue weighted by Gasteiger charge is -1.94. The number of aromatic amines is 1. The third-order valence-corrected chi connectivity index (χ3v) is 1.71. The number of hydrogen-bond donors (Lipinski definition) is 1. The monoisotopic (exact) mass is 137 g/mol. The van der Waals surface area contributed by atoms with Gasteiger partial charge < -0.3 is 4.98 Å². The molecular formula is C9H15N. The number of hydrogen-bond acceptors (Lipinski definition) is 0. The lowest BCUT2D eigenvalue weighted by Crippen LogP contribution is -1.83. The summed E-state index contributed by atoms with van der Waals surface area (Å²) in [4.78, 5) is 3.20. The molecule has 0 aliphatic carbocycles. The van der Waals surface area contributed by atoms with Gasteiger partial charge in [0, 0.05) is 11.9 Å². The predicted octanol–water partition coefficient (Wildman–Crippen LogP) is 2.75. The fourth-order valence-corrected chi connectivity index (χ4v) is 1.09. The number of aryl methyl sites for hydroxylation is 1. The SMILES string of the molecule is CCCCCc1ccc[nH]1. The molecule has 0 atom stereocenters. The quantitative estimate of drug-likeness (QED) is 0.614. The topological polar surface area (TPSA) is 15.8 Å². The lowest BCUT2D eigenvalue weighted by molar-refractivity contribution is 0.709. The Hall–Kier alpha value is -0.720. The molecule has 0 saturated heterocycles. The number of aromatic nitrogens is 1. The van der Waals surface area contributed by atoms with E-state index in [0.717, 1.165) is 0 Å². The molecule has 0 saturated carbocycles. The van der Waals surface area contributed by atoms with Crippen LogP contribution in [0.4, 0.5) is 0 Å². The van der Waals surface area contributed by atoms with E-state index in [0.29, 0.717) is 0 Å². The van der Waals surface area contributed by atoms with E-state index in [-0.39, 0.29) is 0 Å². The first kappa shape index (κ1) is 7.39. The molecule has 56 valence electrons. The highest BCUT2D eigenvalue weighted by atomic mass is 14.7. The van der Waals surface area contributed by atoms with Gasteiger partial charge in [-0.25, -0.2) is 0 Å². The smallest absolute Gasteiger partial charge is 0.0147 e. The van der Waals surface area contributed by atoms with E-state index in [4.69, 9.17) is 0 Å². The average molecular weight is 137 g/mol. The van der Waals surface area contributed by atoms with Gasteiger partial charge in [-0.3, -0.25) is 0 Å². The maximum Gasteiger partial charge on any atom is 0.0147 e. The Morgan fingerprint density at radius 2 is 2.30 bits per heavy atom. The average Bonchev–Trinajstić information content (AvgIpc) is 2.41. The zero-order valence-corrected chi connectivity index (χ0v) is 6.56. The Labute approximate surface area is 62.5 Å². The van der Waals surface area contributed by atoms with Crippen LogP contribution in [-0.2, 0) is 6.42 Å². The molecule has 0 unspecified atom stereocenters. The molecule has 10 heavy (non-hydrogen) atoms. The van der Waals surface area contributed by atoms with Crippen molar-refractivity contribution in [2.75, 3.05) is 0 Å². The van der Waals surface area contributed by atoms with E-state index < -0.39 is 0 Å². The highest BCUT2D eigenvalue weighted by Crippen LogP contribution is 2.02. The number of nitrogens with one attached hydrogen (secondary N) is 1. The molecule has 0 radical (unpaired) electrons. The van der Waals surface area contributed by atoms with Crippen LogP contribution in [0.5, 0.6) is 0 Å². The molecule has 1 rings (SSSR count). The third kappa shape index (κ3) is 2.26. The summed E-state index contributed by atoms with van der Waals surface area (Å²) in [6.45, 7) is 2.23. The summed E-state index contributed by atoms with van der Waals surface area (Å²) in [7, 11) is 0.